The average molecular weight is 712 g/mol. The largest absolute Gasteiger partial charge is 0.313 e. The number of hydrogen-bond donors (Lipinski definition) is 0. The Bertz CT molecular complexity index is 3270. The smallest absolute Gasteiger partial charge is 0.0537 e. The lowest BCUT2D eigenvalue weighted by Gasteiger charge is -2.23. The van der Waals surface area contributed by atoms with Gasteiger partial charge in [0.1, 0.15) is 0 Å². The molecular formula is C55H37N. The highest BCUT2D eigenvalue weighted by Gasteiger charge is 2.22. The van der Waals surface area contributed by atoms with Gasteiger partial charge in [-0.05, 0) is 125 Å². The van der Waals surface area contributed by atoms with Gasteiger partial charge in [0, 0.05) is 22.3 Å². The second-order valence-electron chi connectivity index (χ2n) is 14.9. The van der Waals surface area contributed by atoms with Crippen molar-refractivity contribution < 1.29 is 0 Å². The monoisotopic (exact) mass is 711 g/mol. The molecule has 11 rings (SSSR count). The standard InChI is InChI=1S/C55H37N/c1-3-4-15-39-35(2)56(55-25-14-13-24-51(39)55)38-28-31-50-46-22-10-9-21-45(46)49-30-27-37(33-53(49)54(50)34-38)36-26-29-48-44-20-8-7-18-42(44)40-16-5-6-17-41(40)43-19-11-12-23-47(43)52(48)32-36/h3-34H,1H2,2H3/b15-4-,42-40?,43-41?,48-44?,52-47?. The molecule has 0 saturated heterocycles. The zero-order chi connectivity index (χ0) is 37.3. The summed E-state index contributed by atoms with van der Waals surface area (Å²) in [6, 6.07) is 65.3. The fraction of sp³-hybridized carbons (Fsp3) is 0.0182. The van der Waals surface area contributed by atoms with E-state index in [0.717, 1.165) is 5.69 Å². The van der Waals surface area contributed by atoms with Gasteiger partial charge in [-0.2, -0.15) is 0 Å². The fourth-order valence-electron chi connectivity index (χ4n) is 9.40. The molecule has 0 fully saturated rings. The molecule has 0 saturated carbocycles. The highest BCUT2D eigenvalue weighted by Crippen LogP contribution is 2.49. The maximum atomic E-state index is 3.93. The van der Waals surface area contributed by atoms with Crippen molar-refractivity contribution in [2.24, 2.45) is 0 Å². The summed E-state index contributed by atoms with van der Waals surface area (Å²) in [6.45, 7) is 6.15. The van der Waals surface area contributed by atoms with Crippen molar-refractivity contribution in [3.63, 3.8) is 0 Å². The first-order valence-corrected chi connectivity index (χ1v) is 19.4. The van der Waals surface area contributed by atoms with Crippen molar-refractivity contribution in [1.29, 1.82) is 0 Å². The van der Waals surface area contributed by atoms with Crippen LogP contribution in [0, 0.1) is 6.92 Å². The molecule has 0 radical (unpaired) electrons. The molecule has 1 heterocycles. The molecule has 1 heteroatoms. The molecule has 0 atom stereocenters. The second kappa shape index (κ2) is 12.7. The summed E-state index contributed by atoms with van der Waals surface area (Å²) in [4.78, 5) is 0. The zero-order valence-electron chi connectivity index (χ0n) is 31.1. The minimum Gasteiger partial charge on any atom is -0.313 e. The number of rotatable bonds is 4. The van der Waals surface area contributed by atoms with Crippen LogP contribution in [0.5, 0.6) is 0 Å². The molecule has 1 aliphatic carbocycles. The molecule has 1 aromatic heterocycles. The number of aromatic nitrogens is 1. The van der Waals surface area contributed by atoms with E-state index in [1.165, 1.54) is 110 Å². The van der Waals surface area contributed by atoms with Crippen molar-refractivity contribution in [2.75, 3.05) is 0 Å². The molecule has 56 heavy (non-hydrogen) atoms. The van der Waals surface area contributed by atoms with Crippen LogP contribution in [-0.4, -0.2) is 4.57 Å². The number of benzene rings is 9. The van der Waals surface area contributed by atoms with E-state index in [1.807, 2.05) is 12.2 Å². The lowest BCUT2D eigenvalue weighted by atomic mass is 9.80. The lowest BCUT2D eigenvalue weighted by Crippen LogP contribution is -1.97. The van der Waals surface area contributed by atoms with Gasteiger partial charge in [-0.25, -0.2) is 0 Å². The Kier molecular flexibility index (Phi) is 7.30. The third-order valence-electron chi connectivity index (χ3n) is 11.9. The predicted octanol–water partition coefficient (Wildman–Crippen LogP) is 15.2. The number of fused-ring (bicyclic) bond motifs is 15. The number of hydrogen-bond acceptors (Lipinski definition) is 0. The molecule has 0 aliphatic heterocycles. The van der Waals surface area contributed by atoms with Crippen molar-refractivity contribution in [1.82, 2.24) is 4.57 Å². The first-order chi connectivity index (χ1) is 27.7. The molecule has 10 aromatic rings. The Balaban J connectivity index is 1.16. The van der Waals surface area contributed by atoms with Crippen molar-refractivity contribution in [2.45, 2.75) is 6.92 Å². The molecule has 0 spiro atoms. The average Bonchev–Trinajstić information content (AvgIpc) is 3.55. The maximum Gasteiger partial charge on any atom is 0.0537 e. The van der Waals surface area contributed by atoms with Crippen LogP contribution in [0.25, 0.3) is 111 Å². The summed E-state index contributed by atoms with van der Waals surface area (Å²) in [5.74, 6) is 0. The predicted molar refractivity (Wildman–Crippen MR) is 240 cm³/mol. The van der Waals surface area contributed by atoms with E-state index in [2.05, 4.69) is 200 Å². The van der Waals surface area contributed by atoms with E-state index < -0.39 is 0 Å². The third-order valence-corrected chi connectivity index (χ3v) is 11.9. The van der Waals surface area contributed by atoms with Crippen LogP contribution >= 0.6 is 0 Å². The quantitative estimate of drug-likeness (QED) is 0.127. The maximum absolute atomic E-state index is 3.93. The van der Waals surface area contributed by atoms with Gasteiger partial charge < -0.3 is 4.57 Å². The van der Waals surface area contributed by atoms with E-state index in [0.29, 0.717) is 0 Å². The molecule has 9 aromatic carbocycles. The van der Waals surface area contributed by atoms with Gasteiger partial charge in [0.2, 0.25) is 0 Å². The number of nitrogens with zero attached hydrogens (tertiary/aromatic N) is 1. The Morgan fingerprint density at radius 3 is 1.45 bits per heavy atom. The summed E-state index contributed by atoms with van der Waals surface area (Å²) in [7, 11) is 0. The summed E-state index contributed by atoms with van der Waals surface area (Å²) < 4.78 is 2.41. The van der Waals surface area contributed by atoms with Crippen LogP contribution in [0.2, 0.25) is 0 Å². The molecule has 1 aliphatic rings. The number of para-hydroxylation sites is 1. The molecular weight excluding hydrogens is 675 g/mol. The van der Waals surface area contributed by atoms with E-state index in [4.69, 9.17) is 0 Å². The summed E-state index contributed by atoms with van der Waals surface area (Å²) in [5.41, 5.74) is 17.3. The van der Waals surface area contributed by atoms with Gasteiger partial charge in [-0.15, -0.1) is 0 Å². The van der Waals surface area contributed by atoms with Crippen LogP contribution in [0.3, 0.4) is 0 Å². The molecule has 0 amide bonds. The van der Waals surface area contributed by atoms with Crippen LogP contribution in [0.15, 0.2) is 195 Å². The summed E-state index contributed by atoms with van der Waals surface area (Å²) in [6.07, 6.45) is 6.05. The fourth-order valence-corrected chi connectivity index (χ4v) is 9.40. The normalized spacial score (nSPS) is 12.0. The summed E-state index contributed by atoms with van der Waals surface area (Å²) in [5, 5.41) is 8.81. The van der Waals surface area contributed by atoms with Gasteiger partial charge in [0.25, 0.3) is 0 Å². The van der Waals surface area contributed by atoms with E-state index >= 15 is 0 Å². The van der Waals surface area contributed by atoms with Crippen LogP contribution in [0.1, 0.15) is 11.3 Å². The van der Waals surface area contributed by atoms with Crippen molar-refractivity contribution in [3.05, 3.63) is 206 Å². The van der Waals surface area contributed by atoms with Crippen LogP contribution in [0.4, 0.5) is 0 Å². The summed E-state index contributed by atoms with van der Waals surface area (Å²) >= 11 is 0. The highest BCUT2D eigenvalue weighted by atomic mass is 15.0. The first kappa shape index (κ1) is 32.2. The molecule has 0 bridgehead atoms. The lowest BCUT2D eigenvalue weighted by molar-refractivity contribution is 1.05. The zero-order valence-corrected chi connectivity index (χ0v) is 31.1. The molecule has 0 unspecified atom stereocenters. The Labute approximate surface area is 326 Å². The first-order valence-electron chi connectivity index (χ1n) is 19.4. The van der Waals surface area contributed by atoms with Gasteiger partial charge in [-0.3, -0.25) is 0 Å². The Morgan fingerprint density at radius 2 is 0.839 bits per heavy atom. The Hall–Kier alpha value is -7.22. The van der Waals surface area contributed by atoms with Crippen LogP contribution < -0.4 is 0 Å². The minimum absolute atomic E-state index is 1.16. The van der Waals surface area contributed by atoms with Gasteiger partial charge >= 0.3 is 0 Å². The van der Waals surface area contributed by atoms with Crippen molar-refractivity contribution in [3.8, 4) is 61.3 Å². The minimum atomic E-state index is 1.16. The molecule has 1 nitrogen and oxygen atoms in total. The van der Waals surface area contributed by atoms with Gasteiger partial charge in [-0.1, -0.05) is 170 Å². The van der Waals surface area contributed by atoms with Gasteiger partial charge in [0.05, 0.1) is 5.52 Å². The van der Waals surface area contributed by atoms with Crippen LogP contribution in [-0.2, 0) is 0 Å². The SMILES string of the molecule is C=C/C=C\c1c(C)n(-c2ccc3c4ccccc4c4ccc(-c5ccc6c(c5)-c5ccccc5-c5ccccc5-c5ccccc5-6)cc4c3c2)c2ccccc12. The molecule has 262 valence electrons. The van der Waals surface area contributed by atoms with Gasteiger partial charge in [0.15, 0.2) is 0 Å². The molecule has 0 N–H and O–H groups in total. The highest BCUT2D eigenvalue weighted by molar-refractivity contribution is 6.26. The number of allylic oxidation sites excluding steroid dienone is 2. The van der Waals surface area contributed by atoms with E-state index in [9.17, 15) is 0 Å². The Morgan fingerprint density at radius 1 is 0.393 bits per heavy atom. The van der Waals surface area contributed by atoms with Crippen molar-refractivity contribution >= 4 is 49.3 Å². The van der Waals surface area contributed by atoms with E-state index in [1.54, 1.807) is 0 Å². The second-order valence-corrected chi connectivity index (χ2v) is 14.9. The topological polar surface area (TPSA) is 4.93 Å². The third kappa shape index (κ3) is 4.81. The van der Waals surface area contributed by atoms with E-state index in [-0.39, 0.29) is 0 Å².